The molecule has 0 aliphatic carbocycles. The normalized spacial score (nSPS) is 15.8. The molecule has 2 heterocycles. The van der Waals surface area contributed by atoms with Gasteiger partial charge in [0.2, 0.25) is 20.0 Å². The molecular weight excluding hydrogens is 732 g/mol. The topological polar surface area (TPSA) is 258 Å². The molecule has 0 saturated carbocycles. The molecule has 0 radical (unpaired) electrons. The monoisotopic (exact) mass is 774 g/mol. The first-order valence-corrected chi connectivity index (χ1v) is 18.6. The van der Waals surface area contributed by atoms with Gasteiger partial charge in [0.15, 0.2) is 0 Å². The summed E-state index contributed by atoms with van der Waals surface area (Å²) in [7, 11) is -7.10. The number of carbonyl (C=O) groups excluding carboxylic acids is 3. The summed E-state index contributed by atoms with van der Waals surface area (Å²) < 4.78 is 68.6. The van der Waals surface area contributed by atoms with Crippen molar-refractivity contribution in [2.75, 3.05) is 0 Å². The minimum absolute atomic E-state index is 0.0187. The zero-order valence-corrected chi connectivity index (χ0v) is 31.7. The second-order valence-corrected chi connectivity index (χ2v) is 18.0. The number of rotatable bonds is 2. The molecule has 2 aliphatic rings. The van der Waals surface area contributed by atoms with Crippen molar-refractivity contribution in [1.82, 2.24) is 9.03 Å². The van der Waals surface area contributed by atoms with Gasteiger partial charge in [0.05, 0.1) is 27.9 Å². The molecule has 0 aromatic heterocycles. The maximum atomic E-state index is 12.2. The molecule has 1 amide bonds. The lowest BCUT2D eigenvalue weighted by Crippen LogP contribution is -2.43. The molecule has 2 aromatic rings. The molecule has 52 heavy (non-hydrogen) atoms. The lowest BCUT2D eigenvalue weighted by Gasteiger charge is -2.30. The van der Waals surface area contributed by atoms with E-state index in [4.69, 9.17) is 14.2 Å². The van der Waals surface area contributed by atoms with E-state index < -0.39 is 65.1 Å². The zero-order chi connectivity index (χ0) is 40.0. The molecule has 0 bridgehead atoms. The Morgan fingerprint density at radius 3 is 1.52 bits per heavy atom. The number of nitro groups is 2. The molecule has 0 saturated heterocycles. The van der Waals surface area contributed by atoms with Crippen LogP contribution in [-0.2, 0) is 63.6 Å². The molecule has 2 aliphatic heterocycles. The molecule has 21 heteroatoms. The fourth-order valence-electron chi connectivity index (χ4n) is 4.12. The van der Waals surface area contributed by atoms with Crippen molar-refractivity contribution in [2.45, 2.75) is 104 Å². The molecule has 4 rings (SSSR count). The van der Waals surface area contributed by atoms with Crippen LogP contribution in [0.3, 0.4) is 0 Å². The summed E-state index contributed by atoms with van der Waals surface area (Å²) in [6, 6.07) is 8.14. The van der Waals surface area contributed by atoms with E-state index in [0.29, 0.717) is 26.6 Å². The summed E-state index contributed by atoms with van der Waals surface area (Å²) in [5, 5.41) is 21.3. The van der Waals surface area contributed by atoms with Gasteiger partial charge < -0.3 is 18.9 Å². The number of carbonyl (C=O) groups is 3. The maximum Gasteiger partial charge on any atom is 0.519 e. The lowest BCUT2D eigenvalue weighted by atomic mass is 10.1. The Bertz CT molecular complexity index is 1900. The average Bonchev–Trinajstić information content (AvgIpc) is 2.93. The van der Waals surface area contributed by atoms with Crippen LogP contribution in [0.25, 0.3) is 0 Å². The highest BCUT2D eigenvalue weighted by atomic mass is 32.2. The van der Waals surface area contributed by atoms with Gasteiger partial charge in [-0.25, -0.2) is 35.9 Å². The fraction of sp³-hybridized carbons (Fsp3) is 0.516. The van der Waals surface area contributed by atoms with Gasteiger partial charge in [-0.15, -0.1) is 0 Å². The quantitative estimate of drug-likeness (QED) is 0.128. The number of nitrogens with one attached hydrogen (secondary N) is 1. The number of amides is 1. The molecule has 288 valence electrons. The van der Waals surface area contributed by atoms with E-state index in [2.05, 4.69) is 9.46 Å². The van der Waals surface area contributed by atoms with E-state index in [0.717, 1.165) is 0 Å². The van der Waals surface area contributed by atoms with Crippen LogP contribution < -0.4 is 4.72 Å². The van der Waals surface area contributed by atoms with Gasteiger partial charge in [0.25, 0.3) is 11.4 Å². The number of nitro benzene ring substituents is 2. The smallest absolute Gasteiger partial charge is 0.443 e. The summed E-state index contributed by atoms with van der Waals surface area (Å²) >= 11 is 0. The Balaban J connectivity index is 0.000000279. The van der Waals surface area contributed by atoms with Gasteiger partial charge in [0, 0.05) is 30.8 Å². The standard InChI is InChI=1S/C13H16N2O6S.C10H18O5.C8H8N2O4S/c1-13(2,3)21-12(16)14-7-10-6-11(15(17)18)5-4-9(10)8-22(14,19)20;1-9(2,3)14-7(11)13-8(12)15-10(4,5)6;11-10(12)8-2-1-6-5-15(13,14)9-4-7(6)3-8/h4-6H,7-8H2,1-3H3;1-6H3;1-3,9H,4-5H2. The SMILES string of the molecule is CC(C)(C)OC(=O)N1Cc2cc([N+](=O)[O-])ccc2CS1(=O)=O.CC(C)(C)OC(=O)OC(=O)OC(C)(C)C.O=[N+]([O-])c1ccc2c(c1)CNS(=O)(=O)C2. The third-order valence-corrected chi connectivity index (χ3v) is 9.06. The Morgan fingerprint density at radius 2 is 1.10 bits per heavy atom. The summed E-state index contributed by atoms with van der Waals surface area (Å²) in [6.07, 6.45) is -3.10. The van der Waals surface area contributed by atoms with Crippen LogP contribution in [0.15, 0.2) is 36.4 Å². The van der Waals surface area contributed by atoms with E-state index >= 15 is 0 Å². The Labute approximate surface area is 300 Å². The summed E-state index contributed by atoms with van der Waals surface area (Å²) in [4.78, 5) is 54.3. The van der Waals surface area contributed by atoms with Crippen LogP contribution in [0, 0.1) is 20.2 Å². The van der Waals surface area contributed by atoms with Crippen LogP contribution >= 0.6 is 0 Å². The number of nitrogens with zero attached hydrogens (tertiary/aromatic N) is 3. The van der Waals surface area contributed by atoms with Crippen molar-refractivity contribution in [3.8, 4) is 0 Å². The predicted octanol–water partition coefficient (Wildman–Crippen LogP) is 5.58. The van der Waals surface area contributed by atoms with E-state index in [1.54, 1.807) is 62.3 Å². The number of hydrogen-bond donors (Lipinski definition) is 1. The van der Waals surface area contributed by atoms with E-state index in [1.807, 2.05) is 0 Å². The van der Waals surface area contributed by atoms with Crippen molar-refractivity contribution >= 4 is 49.8 Å². The minimum Gasteiger partial charge on any atom is -0.443 e. The van der Waals surface area contributed by atoms with E-state index in [9.17, 15) is 51.4 Å². The molecule has 19 nitrogen and oxygen atoms in total. The van der Waals surface area contributed by atoms with Crippen LogP contribution in [0.4, 0.5) is 25.8 Å². The van der Waals surface area contributed by atoms with Crippen molar-refractivity contribution in [3.05, 3.63) is 78.9 Å². The number of hydrogen-bond acceptors (Lipinski definition) is 15. The summed E-state index contributed by atoms with van der Waals surface area (Å²) in [6.45, 7) is 14.8. The second kappa shape index (κ2) is 16.2. The third kappa shape index (κ3) is 14.4. The Kier molecular flexibility index (Phi) is 13.5. The van der Waals surface area contributed by atoms with Crippen LogP contribution in [0.5, 0.6) is 0 Å². The van der Waals surface area contributed by atoms with Crippen molar-refractivity contribution < 1.29 is 60.0 Å². The lowest BCUT2D eigenvalue weighted by molar-refractivity contribution is -0.385. The molecule has 1 N–H and O–H groups in total. The maximum absolute atomic E-state index is 12.2. The van der Waals surface area contributed by atoms with Crippen LogP contribution in [0.2, 0.25) is 0 Å². The first kappa shape index (κ1) is 43.3. The van der Waals surface area contributed by atoms with Gasteiger partial charge in [-0.2, -0.15) is 4.31 Å². The highest BCUT2D eigenvalue weighted by Gasteiger charge is 2.37. The molecule has 0 atom stereocenters. The van der Waals surface area contributed by atoms with Crippen molar-refractivity contribution in [3.63, 3.8) is 0 Å². The first-order valence-electron chi connectivity index (χ1n) is 15.3. The Hall–Kier alpha value is -4.89. The number of benzene rings is 2. The number of fused-ring (bicyclic) bond motifs is 2. The summed E-state index contributed by atoms with van der Waals surface area (Å²) in [5.74, 6) is -0.500. The van der Waals surface area contributed by atoms with Crippen LogP contribution in [-0.4, -0.2) is 66.2 Å². The highest BCUT2D eigenvalue weighted by molar-refractivity contribution is 7.89. The van der Waals surface area contributed by atoms with E-state index in [-0.39, 0.29) is 36.0 Å². The van der Waals surface area contributed by atoms with Gasteiger partial charge in [-0.1, -0.05) is 12.1 Å². The molecule has 0 spiro atoms. The molecular formula is C31H42N4O15S2. The van der Waals surface area contributed by atoms with Crippen molar-refractivity contribution in [2.24, 2.45) is 0 Å². The summed E-state index contributed by atoms with van der Waals surface area (Å²) in [5.41, 5.74) is -0.232. The zero-order valence-electron chi connectivity index (χ0n) is 30.1. The van der Waals surface area contributed by atoms with Gasteiger partial charge >= 0.3 is 18.4 Å². The van der Waals surface area contributed by atoms with Crippen LogP contribution in [0.1, 0.15) is 84.6 Å². The largest absolute Gasteiger partial charge is 0.519 e. The number of ether oxygens (including phenoxy) is 4. The van der Waals surface area contributed by atoms with Gasteiger partial charge in [-0.05, 0) is 84.6 Å². The number of non-ortho nitro benzene ring substituents is 2. The Morgan fingerprint density at radius 1 is 0.673 bits per heavy atom. The average molecular weight is 775 g/mol. The fourth-order valence-corrected chi connectivity index (χ4v) is 6.72. The molecule has 0 unspecified atom stereocenters. The van der Waals surface area contributed by atoms with E-state index in [1.165, 1.54) is 36.4 Å². The minimum atomic E-state index is -3.85. The molecule has 2 aromatic carbocycles. The highest BCUT2D eigenvalue weighted by Crippen LogP contribution is 2.29. The predicted molar refractivity (Wildman–Crippen MR) is 184 cm³/mol. The third-order valence-electron chi connectivity index (χ3n) is 6.16. The molecule has 0 fully saturated rings. The van der Waals surface area contributed by atoms with Gasteiger partial charge in [-0.3, -0.25) is 20.2 Å². The van der Waals surface area contributed by atoms with Crippen molar-refractivity contribution in [1.29, 1.82) is 0 Å². The first-order chi connectivity index (χ1) is 23.5. The number of sulfonamides is 2. The van der Waals surface area contributed by atoms with Gasteiger partial charge in [0.1, 0.15) is 16.8 Å². The second-order valence-electron chi connectivity index (χ2n) is 14.3.